The van der Waals surface area contributed by atoms with Crippen LogP contribution in [0.4, 0.5) is 23.7 Å². The molecule has 0 unspecified atom stereocenters. The van der Waals surface area contributed by atoms with E-state index in [1.54, 1.807) is 0 Å². The van der Waals surface area contributed by atoms with Gasteiger partial charge in [0, 0.05) is 37.7 Å². The van der Waals surface area contributed by atoms with Crippen LogP contribution in [-0.4, -0.2) is 68.0 Å². The number of alkyl halides is 3. The number of anilines is 1. The number of halogens is 4. The number of carbonyl (C=O) groups excluding carboxylic acids is 1. The molecule has 1 aliphatic rings. The molecule has 3 aromatic carbocycles. The van der Waals surface area contributed by atoms with Crippen LogP contribution in [0.1, 0.15) is 5.56 Å². The maximum Gasteiger partial charge on any atom is 0.490 e. The summed E-state index contributed by atoms with van der Waals surface area (Å²) in [7, 11) is 0. The third-order valence-corrected chi connectivity index (χ3v) is 6.58. The fourth-order valence-corrected chi connectivity index (χ4v) is 4.49. The Labute approximate surface area is 236 Å². The smallest absolute Gasteiger partial charge is 0.475 e. The average molecular weight is 594 g/mol. The van der Waals surface area contributed by atoms with E-state index in [4.69, 9.17) is 26.2 Å². The van der Waals surface area contributed by atoms with Gasteiger partial charge in [0.15, 0.2) is 0 Å². The second-order valence-electron chi connectivity index (χ2n) is 8.64. The topological polar surface area (TPSA) is 108 Å². The molecule has 9 nitrogen and oxygen atoms in total. The zero-order valence-electron chi connectivity index (χ0n) is 20.8. The number of benzene rings is 3. The molecular weight excluding hydrogens is 571 g/mol. The van der Waals surface area contributed by atoms with Crippen molar-refractivity contribution < 1.29 is 32.6 Å². The summed E-state index contributed by atoms with van der Waals surface area (Å²) < 4.78 is 46.2. The van der Waals surface area contributed by atoms with Gasteiger partial charge in [-0.1, -0.05) is 29.8 Å². The van der Waals surface area contributed by atoms with Crippen molar-refractivity contribution in [3.63, 3.8) is 0 Å². The van der Waals surface area contributed by atoms with Gasteiger partial charge in [0.2, 0.25) is 0 Å². The lowest BCUT2D eigenvalue weighted by molar-refractivity contribution is -0.192. The molecule has 2 amide bonds. The zero-order valence-corrected chi connectivity index (χ0v) is 22.3. The Morgan fingerprint density at radius 2 is 1.65 bits per heavy atom. The van der Waals surface area contributed by atoms with Crippen molar-refractivity contribution in [3.8, 4) is 11.5 Å². The Morgan fingerprint density at radius 3 is 2.33 bits per heavy atom. The van der Waals surface area contributed by atoms with E-state index < -0.39 is 12.1 Å². The molecule has 4 aromatic rings. The summed E-state index contributed by atoms with van der Waals surface area (Å²) in [6, 6.07) is 20.9. The first kappa shape index (κ1) is 29.1. The van der Waals surface area contributed by atoms with Crippen LogP contribution in [0.15, 0.2) is 66.7 Å². The van der Waals surface area contributed by atoms with Crippen LogP contribution in [0.3, 0.4) is 0 Å². The van der Waals surface area contributed by atoms with Gasteiger partial charge in [-0.25, -0.2) is 9.59 Å². The van der Waals surface area contributed by atoms with Gasteiger partial charge in [0.05, 0.1) is 17.4 Å². The fraction of sp³-hybridized carbons (Fsp3) is 0.231. The molecule has 0 spiro atoms. The summed E-state index contributed by atoms with van der Waals surface area (Å²) in [4.78, 5) is 25.8. The number of fused-ring (bicyclic) bond motifs is 1. The third kappa shape index (κ3) is 8.04. The Hall–Kier alpha value is -3.94. The summed E-state index contributed by atoms with van der Waals surface area (Å²) in [6.07, 6.45) is -5.08. The summed E-state index contributed by atoms with van der Waals surface area (Å²) >= 11 is 7.09. The lowest BCUT2D eigenvalue weighted by Gasteiger charge is -2.34. The highest BCUT2D eigenvalue weighted by Crippen LogP contribution is 2.25. The second kappa shape index (κ2) is 12.9. The number of carboxylic acids is 1. The highest BCUT2D eigenvalue weighted by atomic mass is 35.5. The number of aromatic nitrogens is 2. The number of ether oxygens (including phenoxy) is 1. The first-order chi connectivity index (χ1) is 19.1. The van der Waals surface area contributed by atoms with E-state index in [-0.39, 0.29) is 6.03 Å². The number of hydrogen-bond donors (Lipinski definition) is 2. The molecule has 40 heavy (non-hydrogen) atoms. The number of carboxylic acid groups (broad SMARTS) is 1. The average Bonchev–Trinajstić information content (AvgIpc) is 3.41. The largest absolute Gasteiger partial charge is 0.490 e. The normalized spacial score (nSPS) is 13.8. The van der Waals surface area contributed by atoms with Crippen LogP contribution < -0.4 is 10.1 Å². The van der Waals surface area contributed by atoms with Crippen molar-refractivity contribution in [2.75, 3.05) is 31.5 Å². The Morgan fingerprint density at radius 1 is 0.975 bits per heavy atom. The summed E-state index contributed by atoms with van der Waals surface area (Å²) in [6.45, 7) is 3.74. The number of carbonyl (C=O) groups is 2. The summed E-state index contributed by atoms with van der Waals surface area (Å²) in [5.74, 6) is -1.22. The predicted octanol–water partition coefficient (Wildman–Crippen LogP) is 6.12. The van der Waals surface area contributed by atoms with Gasteiger partial charge in [-0.3, -0.25) is 4.90 Å². The summed E-state index contributed by atoms with van der Waals surface area (Å²) in [5, 5.41) is 10.8. The van der Waals surface area contributed by atoms with Crippen molar-refractivity contribution >= 4 is 52.1 Å². The molecule has 1 aromatic heterocycles. The van der Waals surface area contributed by atoms with E-state index in [9.17, 15) is 18.0 Å². The SMILES string of the molecule is O=C(Nc1cccc2nsnc12)N1CCN(Cc2cccc(Oc3ccc(Cl)cc3)c2)CC1.O=C(O)C(F)(F)F. The summed E-state index contributed by atoms with van der Waals surface area (Å²) in [5.41, 5.74) is 3.40. The molecule has 1 aliphatic heterocycles. The number of aliphatic carboxylic acids is 1. The third-order valence-electron chi connectivity index (χ3n) is 5.78. The number of nitrogens with one attached hydrogen (secondary N) is 1. The molecule has 1 saturated heterocycles. The molecule has 0 atom stereocenters. The minimum atomic E-state index is -5.08. The van der Waals surface area contributed by atoms with Gasteiger partial charge < -0.3 is 20.1 Å². The number of amides is 2. The number of hydrogen-bond acceptors (Lipinski definition) is 7. The molecule has 210 valence electrons. The molecule has 0 saturated carbocycles. The molecular formula is C26H23ClF3N5O4S. The van der Waals surface area contributed by atoms with Crippen LogP contribution in [0.5, 0.6) is 11.5 Å². The van der Waals surface area contributed by atoms with Gasteiger partial charge in [-0.05, 0) is 54.1 Å². The predicted molar refractivity (Wildman–Crippen MR) is 145 cm³/mol. The first-order valence-electron chi connectivity index (χ1n) is 11.9. The quantitative estimate of drug-likeness (QED) is 0.287. The van der Waals surface area contributed by atoms with Gasteiger partial charge in [0.1, 0.15) is 22.5 Å². The fourth-order valence-electron chi connectivity index (χ4n) is 3.81. The van der Waals surface area contributed by atoms with E-state index in [1.165, 1.54) is 5.56 Å². The molecule has 0 radical (unpaired) electrons. The van der Waals surface area contributed by atoms with Crippen molar-refractivity contribution in [3.05, 3.63) is 77.3 Å². The van der Waals surface area contributed by atoms with E-state index in [2.05, 4.69) is 31.1 Å². The number of urea groups is 1. The highest BCUT2D eigenvalue weighted by Gasteiger charge is 2.38. The Kier molecular flexibility index (Phi) is 9.40. The van der Waals surface area contributed by atoms with Gasteiger partial charge in [-0.15, -0.1) is 0 Å². The maximum atomic E-state index is 12.8. The Bertz CT molecular complexity index is 1460. The molecule has 0 aliphatic carbocycles. The van der Waals surface area contributed by atoms with Crippen molar-refractivity contribution in [1.82, 2.24) is 18.5 Å². The van der Waals surface area contributed by atoms with E-state index in [0.717, 1.165) is 53.9 Å². The zero-order chi connectivity index (χ0) is 28.7. The monoisotopic (exact) mass is 593 g/mol. The standard InChI is InChI=1S/C24H22ClN5O2S.C2HF3O2/c25-18-7-9-19(10-8-18)32-20-4-1-3-17(15-20)16-29-11-13-30(14-12-29)24(31)26-21-5-2-6-22-23(21)28-33-27-22;3-2(4,5)1(6)7/h1-10,15H,11-14,16H2,(H,26,31);(H,6,7). The maximum absolute atomic E-state index is 12.8. The van der Waals surface area contributed by atoms with E-state index >= 15 is 0 Å². The molecule has 0 bridgehead atoms. The number of piperazine rings is 1. The minimum absolute atomic E-state index is 0.103. The van der Waals surface area contributed by atoms with Gasteiger partial charge in [-0.2, -0.15) is 21.9 Å². The lowest BCUT2D eigenvalue weighted by atomic mass is 10.2. The van der Waals surface area contributed by atoms with Crippen molar-refractivity contribution in [2.45, 2.75) is 12.7 Å². The molecule has 2 N–H and O–H groups in total. The number of rotatable bonds is 5. The van der Waals surface area contributed by atoms with Crippen LogP contribution in [0, 0.1) is 0 Å². The Balaban J connectivity index is 0.000000470. The highest BCUT2D eigenvalue weighted by molar-refractivity contribution is 7.00. The van der Waals surface area contributed by atoms with Crippen molar-refractivity contribution in [1.29, 1.82) is 0 Å². The molecule has 1 fully saturated rings. The van der Waals surface area contributed by atoms with Gasteiger partial charge in [0.25, 0.3) is 0 Å². The minimum Gasteiger partial charge on any atom is -0.475 e. The number of nitrogens with zero attached hydrogens (tertiary/aromatic N) is 4. The van der Waals surface area contributed by atoms with Crippen LogP contribution in [0.2, 0.25) is 5.02 Å². The van der Waals surface area contributed by atoms with Crippen LogP contribution >= 0.6 is 23.3 Å². The van der Waals surface area contributed by atoms with Crippen LogP contribution in [0.25, 0.3) is 11.0 Å². The van der Waals surface area contributed by atoms with Crippen molar-refractivity contribution in [2.24, 2.45) is 0 Å². The molecule has 14 heteroatoms. The molecule has 2 heterocycles. The second-order valence-corrected chi connectivity index (χ2v) is 9.60. The lowest BCUT2D eigenvalue weighted by Crippen LogP contribution is -2.49. The van der Waals surface area contributed by atoms with E-state index in [0.29, 0.717) is 23.8 Å². The van der Waals surface area contributed by atoms with Crippen LogP contribution in [-0.2, 0) is 11.3 Å². The van der Waals surface area contributed by atoms with E-state index in [1.807, 2.05) is 59.5 Å². The van der Waals surface area contributed by atoms with Gasteiger partial charge >= 0.3 is 18.2 Å². The first-order valence-corrected chi connectivity index (χ1v) is 13.0. The molecule has 5 rings (SSSR count).